The van der Waals surface area contributed by atoms with Crippen molar-refractivity contribution in [1.29, 1.82) is 0 Å². The van der Waals surface area contributed by atoms with Gasteiger partial charge in [0.2, 0.25) is 0 Å². The van der Waals surface area contributed by atoms with Crippen LogP contribution >= 0.6 is 0 Å². The van der Waals surface area contributed by atoms with Gasteiger partial charge in [-0.05, 0) is 38.3 Å². The molecule has 2 rings (SSSR count). The van der Waals surface area contributed by atoms with E-state index in [0.717, 1.165) is 25.9 Å². The highest BCUT2D eigenvalue weighted by atomic mass is 19.1. The van der Waals surface area contributed by atoms with E-state index >= 15 is 0 Å². The van der Waals surface area contributed by atoms with Crippen LogP contribution in [-0.4, -0.2) is 30.2 Å². The average Bonchev–Trinajstić information content (AvgIpc) is 2.45. The molecule has 1 fully saturated rings. The van der Waals surface area contributed by atoms with Crippen molar-refractivity contribution in [2.45, 2.75) is 32.3 Å². The highest BCUT2D eigenvalue weighted by Crippen LogP contribution is 2.22. The summed E-state index contributed by atoms with van der Waals surface area (Å²) in [7, 11) is 0. The van der Waals surface area contributed by atoms with Gasteiger partial charge >= 0.3 is 0 Å². The lowest BCUT2D eigenvalue weighted by atomic mass is 10.1. The second kappa shape index (κ2) is 6.52. The third-order valence-electron chi connectivity index (χ3n) is 3.18. The fraction of sp³-hybridized carbons (Fsp3) is 0.500. The first-order valence-electron chi connectivity index (χ1n) is 6.43. The van der Waals surface area contributed by atoms with Gasteiger partial charge in [-0.25, -0.2) is 4.39 Å². The molecule has 1 N–H and O–H groups in total. The Kier molecular flexibility index (Phi) is 4.74. The minimum atomic E-state index is -0.381. The number of ether oxygens (including phenoxy) is 2. The second-order valence-electron chi connectivity index (χ2n) is 4.63. The maximum absolute atomic E-state index is 13.3. The maximum Gasteiger partial charge on any atom is 0.131 e. The van der Waals surface area contributed by atoms with Crippen molar-refractivity contribution in [3.63, 3.8) is 0 Å². The van der Waals surface area contributed by atoms with Crippen LogP contribution in [0, 0.1) is 5.82 Å². The van der Waals surface area contributed by atoms with E-state index in [0.29, 0.717) is 23.6 Å². The van der Waals surface area contributed by atoms with Crippen LogP contribution in [0.15, 0.2) is 23.4 Å². The van der Waals surface area contributed by atoms with Crippen molar-refractivity contribution in [3.8, 4) is 5.75 Å². The lowest BCUT2D eigenvalue weighted by molar-refractivity contribution is -0.0111. The number of rotatable bonds is 4. The Bertz CT molecular complexity index is 456. The number of halogens is 1. The van der Waals surface area contributed by atoms with Gasteiger partial charge in [0.15, 0.2) is 0 Å². The molecule has 0 aromatic heterocycles. The monoisotopic (exact) mass is 267 g/mol. The number of hydrogen-bond donors (Lipinski definition) is 1. The molecule has 1 aromatic rings. The Labute approximate surface area is 111 Å². The lowest BCUT2D eigenvalue weighted by Crippen LogP contribution is -2.26. The Morgan fingerprint density at radius 3 is 3.05 bits per heavy atom. The predicted molar refractivity (Wildman–Crippen MR) is 69.5 cm³/mol. The number of nitrogens with zero attached hydrogens (tertiary/aromatic N) is 1. The van der Waals surface area contributed by atoms with Gasteiger partial charge in [-0.2, -0.15) is 0 Å². The smallest absolute Gasteiger partial charge is 0.131 e. The molecule has 104 valence electrons. The molecule has 1 aromatic carbocycles. The van der Waals surface area contributed by atoms with Gasteiger partial charge in [-0.1, -0.05) is 5.16 Å². The molecule has 0 saturated carbocycles. The van der Waals surface area contributed by atoms with Crippen LogP contribution in [-0.2, 0) is 4.74 Å². The highest BCUT2D eigenvalue weighted by molar-refractivity contribution is 6.00. The first-order chi connectivity index (χ1) is 9.20. The molecule has 1 aliphatic rings. The first-order valence-corrected chi connectivity index (χ1v) is 6.43. The summed E-state index contributed by atoms with van der Waals surface area (Å²) in [6.07, 6.45) is 3.22. The van der Waals surface area contributed by atoms with Gasteiger partial charge in [0.25, 0.3) is 0 Å². The number of hydrogen-bond acceptors (Lipinski definition) is 4. The van der Waals surface area contributed by atoms with Crippen LogP contribution in [0.25, 0.3) is 0 Å². The zero-order valence-corrected chi connectivity index (χ0v) is 10.9. The topological polar surface area (TPSA) is 51.1 Å². The Balaban J connectivity index is 2.07. The summed E-state index contributed by atoms with van der Waals surface area (Å²) in [5, 5.41) is 11.9. The van der Waals surface area contributed by atoms with E-state index in [4.69, 9.17) is 14.7 Å². The largest absolute Gasteiger partial charge is 0.490 e. The molecule has 19 heavy (non-hydrogen) atoms. The van der Waals surface area contributed by atoms with Gasteiger partial charge in [0, 0.05) is 18.2 Å². The third-order valence-corrected chi connectivity index (χ3v) is 3.18. The molecule has 1 unspecified atom stereocenters. The molecule has 5 heteroatoms. The van der Waals surface area contributed by atoms with E-state index in [1.165, 1.54) is 12.1 Å². The van der Waals surface area contributed by atoms with Gasteiger partial charge in [-0.15, -0.1) is 0 Å². The molecule has 1 atom stereocenters. The molecule has 0 spiro atoms. The van der Waals surface area contributed by atoms with Crippen LogP contribution in [0.1, 0.15) is 31.7 Å². The van der Waals surface area contributed by atoms with Crippen molar-refractivity contribution in [2.75, 3.05) is 13.2 Å². The van der Waals surface area contributed by atoms with E-state index in [1.807, 2.05) is 0 Å². The fourth-order valence-corrected chi connectivity index (χ4v) is 2.09. The molecular weight excluding hydrogens is 249 g/mol. The quantitative estimate of drug-likeness (QED) is 0.518. The summed E-state index contributed by atoms with van der Waals surface area (Å²) >= 11 is 0. The lowest BCUT2D eigenvalue weighted by Gasteiger charge is -2.23. The summed E-state index contributed by atoms with van der Waals surface area (Å²) in [6, 6.07) is 4.16. The molecule has 0 aliphatic carbocycles. The van der Waals surface area contributed by atoms with E-state index in [1.54, 1.807) is 13.0 Å². The summed E-state index contributed by atoms with van der Waals surface area (Å²) in [6.45, 7) is 2.77. The minimum Gasteiger partial charge on any atom is -0.490 e. The van der Waals surface area contributed by atoms with Crippen LogP contribution in [0.4, 0.5) is 4.39 Å². The summed E-state index contributed by atoms with van der Waals surface area (Å²) in [5.41, 5.74) is 0.972. The normalized spacial score (nSPS) is 20.3. The second-order valence-corrected chi connectivity index (χ2v) is 4.63. The zero-order chi connectivity index (χ0) is 13.7. The maximum atomic E-state index is 13.3. The van der Waals surface area contributed by atoms with Crippen molar-refractivity contribution in [1.82, 2.24) is 0 Å². The van der Waals surface area contributed by atoms with Crippen LogP contribution < -0.4 is 4.74 Å². The Hall–Kier alpha value is -1.62. The van der Waals surface area contributed by atoms with Gasteiger partial charge in [-0.3, -0.25) is 0 Å². The molecule has 0 bridgehead atoms. The van der Waals surface area contributed by atoms with Gasteiger partial charge in [0.1, 0.15) is 18.2 Å². The number of benzene rings is 1. The van der Waals surface area contributed by atoms with E-state index in [2.05, 4.69) is 5.16 Å². The molecule has 0 radical (unpaired) electrons. The molecule has 1 saturated heterocycles. The van der Waals surface area contributed by atoms with Crippen molar-refractivity contribution in [3.05, 3.63) is 29.6 Å². The van der Waals surface area contributed by atoms with Gasteiger partial charge < -0.3 is 14.7 Å². The molecule has 1 heterocycles. The van der Waals surface area contributed by atoms with E-state index in [9.17, 15) is 4.39 Å². The van der Waals surface area contributed by atoms with E-state index < -0.39 is 0 Å². The standard InChI is InChI=1S/C14H18FNO3/c1-10(16-17)13-6-5-11(15)8-14(13)19-9-12-4-2-3-7-18-12/h5-6,8,12,17H,2-4,7,9H2,1H3. The Morgan fingerprint density at radius 1 is 1.53 bits per heavy atom. The molecule has 0 amide bonds. The Morgan fingerprint density at radius 2 is 2.37 bits per heavy atom. The summed E-state index contributed by atoms with van der Waals surface area (Å²) in [4.78, 5) is 0. The zero-order valence-electron chi connectivity index (χ0n) is 10.9. The van der Waals surface area contributed by atoms with Gasteiger partial charge in [0.05, 0.1) is 11.8 Å². The first kappa shape index (κ1) is 13.8. The molecule has 1 aliphatic heterocycles. The van der Waals surface area contributed by atoms with Crippen LogP contribution in [0.2, 0.25) is 0 Å². The predicted octanol–water partition coefficient (Wildman–Crippen LogP) is 2.97. The summed E-state index contributed by atoms with van der Waals surface area (Å²) in [5.74, 6) is -0.00137. The molecule has 4 nitrogen and oxygen atoms in total. The molecular formula is C14H18FNO3. The minimum absolute atomic E-state index is 0.0521. The van der Waals surface area contributed by atoms with Crippen molar-refractivity contribution < 1.29 is 19.1 Å². The SMILES string of the molecule is CC(=NO)c1ccc(F)cc1OCC1CCCCO1. The fourth-order valence-electron chi connectivity index (χ4n) is 2.09. The van der Waals surface area contributed by atoms with Crippen molar-refractivity contribution >= 4 is 5.71 Å². The summed E-state index contributed by atoms with van der Waals surface area (Å²) < 4.78 is 24.4. The van der Waals surface area contributed by atoms with Crippen LogP contribution in [0.5, 0.6) is 5.75 Å². The number of oxime groups is 1. The van der Waals surface area contributed by atoms with E-state index in [-0.39, 0.29) is 11.9 Å². The van der Waals surface area contributed by atoms with Crippen molar-refractivity contribution in [2.24, 2.45) is 5.16 Å². The third kappa shape index (κ3) is 3.67. The highest BCUT2D eigenvalue weighted by Gasteiger charge is 2.16. The van der Waals surface area contributed by atoms with Crippen LogP contribution in [0.3, 0.4) is 0 Å². The average molecular weight is 267 g/mol.